The second-order valence-corrected chi connectivity index (χ2v) is 2.71. The van der Waals surface area contributed by atoms with Crippen molar-refractivity contribution in [3.63, 3.8) is 0 Å². The summed E-state index contributed by atoms with van der Waals surface area (Å²) in [5, 5.41) is 8.65. The Balaban J connectivity index is 2.85. The van der Waals surface area contributed by atoms with Crippen molar-refractivity contribution in [2.75, 3.05) is 12.5 Å². The molecule has 0 bridgehead atoms. The molecule has 0 aliphatic heterocycles. The van der Waals surface area contributed by atoms with Crippen LogP contribution >= 0.6 is 11.6 Å². The zero-order chi connectivity index (χ0) is 10.4. The maximum atomic E-state index is 11.3. The molecule has 0 amide bonds. The average molecular weight is 211 g/mol. The van der Waals surface area contributed by atoms with Crippen molar-refractivity contribution in [3.8, 4) is 6.07 Å². The van der Waals surface area contributed by atoms with Crippen LogP contribution in [0.3, 0.4) is 0 Å². The van der Waals surface area contributed by atoms with Crippen LogP contribution < -0.4 is 0 Å². The molecule has 4 nitrogen and oxygen atoms in total. The first-order valence-corrected chi connectivity index (χ1v) is 4.41. The van der Waals surface area contributed by atoms with Crippen molar-refractivity contribution >= 4 is 17.6 Å². The number of nitriles is 1. The molecule has 5 heteroatoms. The van der Waals surface area contributed by atoms with Crippen molar-refractivity contribution in [2.24, 2.45) is 0 Å². The molecule has 0 aliphatic carbocycles. The number of hydrogen-bond donors (Lipinski definition) is 0. The van der Waals surface area contributed by atoms with Gasteiger partial charge in [0, 0.05) is 6.20 Å². The van der Waals surface area contributed by atoms with E-state index in [1.54, 1.807) is 6.07 Å². The minimum atomic E-state index is -0.574. The van der Waals surface area contributed by atoms with E-state index in [1.807, 2.05) is 6.07 Å². The number of halogens is 1. The summed E-state index contributed by atoms with van der Waals surface area (Å²) in [6.45, 7) is 0.125. The molecule has 0 unspecified atom stereocenters. The molecule has 0 atom stereocenters. The van der Waals surface area contributed by atoms with Crippen molar-refractivity contribution in [1.29, 1.82) is 5.26 Å². The Morgan fingerprint density at radius 3 is 3.14 bits per heavy atom. The minimum absolute atomic E-state index is 0.0621. The van der Waals surface area contributed by atoms with Crippen LogP contribution in [0.1, 0.15) is 16.1 Å². The van der Waals surface area contributed by atoms with Crippen molar-refractivity contribution < 1.29 is 9.53 Å². The number of hydrogen-bond acceptors (Lipinski definition) is 4. The SMILES string of the molecule is N#Cc1ncccc1C(=O)OCCCl. The molecule has 0 aliphatic rings. The lowest BCUT2D eigenvalue weighted by Gasteiger charge is -2.02. The van der Waals surface area contributed by atoms with E-state index in [-0.39, 0.29) is 23.7 Å². The van der Waals surface area contributed by atoms with Crippen LogP contribution in [0.5, 0.6) is 0 Å². The number of carbonyl (C=O) groups is 1. The predicted octanol–water partition coefficient (Wildman–Crippen LogP) is 1.35. The topological polar surface area (TPSA) is 63.0 Å². The van der Waals surface area contributed by atoms with Gasteiger partial charge in [0.2, 0.25) is 0 Å². The number of esters is 1. The van der Waals surface area contributed by atoms with Crippen LogP contribution in [0.2, 0.25) is 0 Å². The lowest BCUT2D eigenvalue weighted by Crippen LogP contribution is -2.09. The number of aromatic nitrogens is 1. The summed E-state index contributed by atoms with van der Waals surface area (Å²) in [5.41, 5.74) is 0.229. The molecule has 0 N–H and O–H groups in total. The van der Waals surface area contributed by atoms with E-state index in [0.717, 1.165) is 0 Å². The second-order valence-electron chi connectivity index (χ2n) is 2.34. The molecule has 0 aromatic carbocycles. The van der Waals surface area contributed by atoms with E-state index in [9.17, 15) is 4.79 Å². The highest BCUT2D eigenvalue weighted by Gasteiger charge is 2.12. The Morgan fingerprint density at radius 1 is 1.71 bits per heavy atom. The minimum Gasteiger partial charge on any atom is -0.461 e. The van der Waals surface area contributed by atoms with Crippen molar-refractivity contribution in [2.45, 2.75) is 0 Å². The number of pyridine rings is 1. The van der Waals surface area contributed by atoms with Gasteiger partial charge in [-0.3, -0.25) is 0 Å². The number of nitrogens with zero attached hydrogens (tertiary/aromatic N) is 2. The van der Waals surface area contributed by atoms with Gasteiger partial charge in [-0.1, -0.05) is 0 Å². The summed E-state index contributed by atoms with van der Waals surface area (Å²) >= 11 is 5.35. The standard InChI is InChI=1S/C9H7ClN2O2/c10-3-5-14-9(13)7-2-1-4-12-8(7)6-11/h1-2,4H,3,5H2. The van der Waals surface area contributed by atoms with E-state index in [1.165, 1.54) is 12.3 Å². The zero-order valence-electron chi connectivity index (χ0n) is 7.24. The smallest absolute Gasteiger partial charge is 0.341 e. The maximum Gasteiger partial charge on any atom is 0.341 e. The first-order valence-electron chi connectivity index (χ1n) is 3.87. The molecule has 1 aromatic heterocycles. The molecule has 0 fully saturated rings. The molecular formula is C9H7ClN2O2. The first-order chi connectivity index (χ1) is 6.79. The summed E-state index contributed by atoms with van der Waals surface area (Å²) in [5.74, 6) is -0.344. The summed E-state index contributed by atoms with van der Waals surface area (Å²) in [4.78, 5) is 15.0. The van der Waals surface area contributed by atoms with Crippen LogP contribution in [-0.2, 0) is 4.74 Å². The number of alkyl halides is 1. The molecule has 0 saturated heterocycles. The fourth-order valence-corrected chi connectivity index (χ4v) is 0.945. The van der Waals surface area contributed by atoms with E-state index < -0.39 is 5.97 Å². The largest absolute Gasteiger partial charge is 0.461 e. The summed E-state index contributed by atoms with van der Waals surface area (Å²) in [7, 11) is 0. The van der Waals surface area contributed by atoms with Crippen LogP contribution in [0, 0.1) is 11.3 Å². The van der Waals surface area contributed by atoms with Gasteiger partial charge in [-0.25, -0.2) is 9.78 Å². The normalized spacial score (nSPS) is 9.14. The van der Waals surface area contributed by atoms with Crippen LogP contribution in [0.25, 0.3) is 0 Å². The third-order valence-corrected chi connectivity index (χ3v) is 1.60. The first kappa shape index (κ1) is 10.5. The van der Waals surface area contributed by atoms with Gasteiger partial charge < -0.3 is 4.74 Å². The number of ether oxygens (including phenoxy) is 1. The monoisotopic (exact) mass is 210 g/mol. The Kier molecular flexibility index (Phi) is 3.89. The fraction of sp³-hybridized carbons (Fsp3) is 0.222. The zero-order valence-corrected chi connectivity index (χ0v) is 7.99. The van der Waals surface area contributed by atoms with E-state index >= 15 is 0 Å². The lowest BCUT2D eigenvalue weighted by molar-refractivity contribution is 0.0528. The molecule has 1 rings (SSSR count). The van der Waals surface area contributed by atoms with E-state index in [2.05, 4.69) is 4.98 Å². The van der Waals surface area contributed by atoms with Crippen molar-refractivity contribution in [1.82, 2.24) is 4.98 Å². The molecule has 0 radical (unpaired) electrons. The third-order valence-electron chi connectivity index (χ3n) is 1.44. The van der Waals surface area contributed by atoms with Gasteiger partial charge >= 0.3 is 5.97 Å². The van der Waals surface area contributed by atoms with Gasteiger partial charge in [-0.05, 0) is 12.1 Å². The van der Waals surface area contributed by atoms with Crippen LogP contribution in [0.4, 0.5) is 0 Å². The third kappa shape index (κ3) is 2.44. The predicted molar refractivity (Wildman–Crippen MR) is 50.0 cm³/mol. The lowest BCUT2D eigenvalue weighted by atomic mass is 10.2. The van der Waals surface area contributed by atoms with Gasteiger partial charge in [0.05, 0.1) is 11.4 Å². The van der Waals surface area contributed by atoms with E-state index in [4.69, 9.17) is 21.6 Å². The van der Waals surface area contributed by atoms with Crippen LogP contribution in [-0.4, -0.2) is 23.4 Å². The average Bonchev–Trinajstić information content (AvgIpc) is 2.25. The van der Waals surface area contributed by atoms with Crippen molar-refractivity contribution in [3.05, 3.63) is 29.6 Å². The second kappa shape index (κ2) is 5.20. The van der Waals surface area contributed by atoms with Gasteiger partial charge in [-0.2, -0.15) is 5.26 Å². The summed E-state index contributed by atoms with van der Waals surface area (Å²) < 4.78 is 4.76. The van der Waals surface area contributed by atoms with Crippen LogP contribution in [0.15, 0.2) is 18.3 Å². The molecular weight excluding hydrogens is 204 g/mol. The highest BCUT2D eigenvalue weighted by molar-refractivity contribution is 6.18. The van der Waals surface area contributed by atoms with Gasteiger partial charge in [0.25, 0.3) is 0 Å². The molecule has 1 aromatic rings. The number of rotatable bonds is 3. The molecule has 14 heavy (non-hydrogen) atoms. The maximum absolute atomic E-state index is 11.3. The Hall–Kier alpha value is -1.60. The van der Waals surface area contributed by atoms with Gasteiger partial charge in [-0.15, -0.1) is 11.6 Å². The Labute approximate surface area is 86.1 Å². The molecule has 72 valence electrons. The highest BCUT2D eigenvalue weighted by Crippen LogP contribution is 2.05. The number of carbonyl (C=O) groups excluding carboxylic acids is 1. The highest BCUT2D eigenvalue weighted by atomic mass is 35.5. The molecule has 0 saturated carbocycles. The summed E-state index contributed by atoms with van der Waals surface area (Å²) in [6, 6.07) is 4.86. The van der Waals surface area contributed by atoms with Gasteiger partial charge in [0.15, 0.2) is 5.69 Å². The summed E-state index contributed by atoms with van der Waals surface area (Å²) in [6.07, 6.45) is 1.44. The van der Waals surface area contributed by atoms with Gasteiger partial charge in [0.1, 0.15) is 12.7 Å². The molecule has 1 heterocycles. The Morgan fingerprint density at radius 2 is 2.50 bits per heavy atom. The van der Waals surface area contributed by atoms with E-state index in [0.29, 0.717) is 0 Å². The fourth-order valence-electron chi connectivity index (χ4n) is 0.868. The Bertz CT molecular complexity index is 373. The molecule has 0 spiro atoms. The quantitative estimate of drug-likeness (QED) is 0.558.